The number of aromatic nitrogens is 2. The molecule has 0 spiro atoms. The van der Waals surface area contributed by atoms with Gasteiger partial charge in [-0.1, -0.05) is 12.1 Å². The maximum Gasteiger partial charge on any atom is 0.340 e. The average Bonchev–Trinajstić information content (AvgIpc) is 3.53. The molecule has 3 aliphatic rings. The third-order valence-electron chi connectivity index (χ3n) is 7.07. The van der Waals surface area contributed by atoms with Crippen molar-refractivity contribution in [1.82, 2.24) is 9.55 Å². The third kappa shape index (κ3) is 3.22. The number of rotatable bonds is 3. The lowest BCUT2D eigenvalue weighted by atomic mass is 9.93. The van der Waals surface area contributed by atoms with Crippen molar-refractivity contribution >= 4 is 28.5 Å². The molecule has 3 aliphatic heterocycles. The molecule has 4 N–H and O–H groups in total. The molecule has 2 aromatic carbocycles. The van der Waals surface area contributed by atoms with Crippen LogP contribution in [0.5, 0.6) is 11.5 Å². The molecule has 1 atom stereocenters. The second kappa shape index (κ2) is 8.13. The van der Waals surface area contributed by atoms with Gasteiger partial charge in [-0.3, -0.25) is 9.59 Å². The first-order valence-electron chi connectivity index (χ1n) is 11.9. The zero-order valence-electron chi connectivity index (χ0n) is 19.8. The number of hydrogen-bond donors (Lipinski definition) is 3. The van der Waals surface area contributed by atoms with Crippen molar-refractivity contribution in [1.29, 1.82) is 0 Å². The van der Waals surface area contributed by atoms with Crippen LogP contribution >= 0.6 is 0 Å². The van der Waals surface area contributed by atoms with Gasteiger partial charge in [-0.15, -0.1) is 0 Å². The standard InChI is InChI=1S/C27H20N4O7/c28-8-22(32)29-13-3-1-2-12(4-13)23-15-6-20-21(38-11-37-20)7-18(15)30-24-16(23)9-31-19(24)5-14-17(26(31)34)10-36-27(35)25(14)33/h1-7,25,33H,8-11,28H2,(H,29,32). The van der Waals surface area contributed by atoms with E-state index in [4.69, 9.17) is 24.9 Å². The minimum Gasteiger partial charge on any atom is -0.458 e. The number of benzene rings is 2. The molecule has 1 unspecified atom stereocenters. The summed E-state index contributed by atoms with van der Waals surface area (Å²) >= 11 is 0. The number of aliphatic hydroxyl groups excluding tert-OH is 1. The molecule has 0 bridgehead atoms. The van der Waals surface area contributed by atoms with Crippen LogP contribution in [0.1, 0.15) is 22.8 Å². The molecule has 0 fully saturated rings. The Labute approximate surface area is 214 Å². The van der Waals surface area contributed by atoms with Gasteiger partial charge in [-0.2, -0.15) is 0 Å². The normalized spacial score (nSPS) is 16.6. The molecular formula is C27H20N4O7. The Morgan fingerprint density at radius 2 is 1.92 bits per heavy atom. The number of carbonyl (C=O) groups is 2. The van der Waals surface area contributed by atoms with E-state index in [1.807, 2.05) is 24.3 Å². The number of anilines is 1. The highest BCUT2D eigenvalue weighted by Crippen LogP contribution is 2.45. The smallest absolute Gasteiger partial charge is 0.340 e. The van der Waals surface area contributed by atoms with Crippen LogP contribution in [0.3, 0.4) is 0 Å². The van der Waals surface area contributed by atoms with Crippen LogP contribution in [-0.2, 0) is 27.5 Å². The first-order chi connectivity index (χ1) is 18.4. The quantitative estimate of drug-likeness (QED) is 0.307. The highest BCUT2D eigenvalue weighted by molar-refractivity contribution is 6.02. The Morgan fingerprint density at radius 3 is 2.74 bits per heavy atom. The van der Waals surface area contributed by atoms with Gasteiger partial charge < -0.3 is 34.9 Å². The fraction of sp³-hybridized carbons (Fsp3) is 0.185. The highest BCUT2D eigenvalue weighted by atomic mass is 16.7. The van der Waals surface area contributed by atoms with Crippen molar-refractivity contribution in [3.05, 3.63) is 69.5 Å². The summed E-state index contributed by atoms with van der Waals surface area (Å²) < 4.78 is 17.8. The van der Waals surface area contributed by atoms with E-state index in [0.717, 1.165) is 22.1 Å². The van der Waals surface area contributed by atoms with E-state index in [1.54, 1.807) is 22.8 Å². The largest absolute Gasteiger partial charge is 0.458 e. The number of ether oxygens (including phenoxy) is 3. The minimum atomic E-state index is -1.54. The summed E-state index contributed by atoms with van der Waals surface area (Å²) in [6.45, 7) is -0.0396. The van der Waals surface area contributed by atoms with Crippen LogP contribution < -0.4 is 26.1 Å². The monoisotopic (exact) mass is 512 g/mol. The van der Waals surface area contributed by atoms with Crippen LogP contribution in [0.15, 0.2) is 47.3 Å². The fourth-order valence-electron chi connectivity index (χ4n) is 5.31. The summed E-state index contributed by atoms with van der Waals surface area (Å²) in [7, 11) is 0. The SMILES string of the molecule is NCC(=O)Nc1cccc(-c2c3c(nc4cc5c(cc24)OCO5)-c2cc4c(c(=O)n2C3)COC(=O)C4O)c1. The fourth-order valence-corrected chi connectivity index (χ4v) is 5.31. The summed E-state index contributed by atoms with van der Waals surface area (Å²) in [5, 5.41) is 14.0. The number of esters is 1. The second-order valence-corrected chi connectivity index (χ2v) is 9.23. The zero-order valence-corrected chi connectivity index (χ0v) is 19.8. The number of aliphatic hydroxyl groups is 1. The van der Waals surface area contributed by atoms with Gasteiger partial charge in [0.1, 0.15) is 6.61 Å². The summed E-state index contributed by atoms with van der Waals surface area (Å²) in [6.07, 6.45) is -1.54. The summed E-state index contributed by atoms with van der Waals surface area (Å²) in [5.41, 5.74) is 10.2. The van der Waals surface area contributed by atoms with Gasteiger partial charge in [0.25, 0.3) is 5.56 Å². The molecule has 11 nitrogen and oxygen atoms in total. The van der Waals surface area contributed by atoms with Crippen molar-refractivity contribution < 1.29 is 28.9 Å². The predicted octanol–water partition coefficient (Wildman–Crippen LogP) is 1.81. The molecule has 11 heteroatoms. The van der Waals surface area contributed by atoms with Gasteiger partial charge in [-0.25, -0.2) is 9.78 Å². The van der Waals surface area contributed by atoms with E-state index in [0.29, 0.717) is 34.1 Å². The summed E-state index contributed by atoms with van der Waals surface area (Å²) in [6, 6.07) is 12.6. The number of hydrogen-bond acceptors (Lipinski definition) is 9. The van der Waals surface area contributed by atoms with Gasteiger partial charge in [0.2, 0.25) is 12.7 Å². The van der Waals surface area contributed by atoms with Crippen LogP contribution in [0, 0.1) is 0 Å². The van der Waals surface area contributed by atoms with Crippen molar-refractivity contribution in [3.63, 3.8) is 0 Å². The molecule has 5 heterocycles. The number of fused-ring (bicyclic) bond motifs is 6. The zero-order chi connectivity index (χ0) is 26.1. The number of nitrogens with zero attached hydrogens (tertiary/aromatic N) is 2. The molecule has 190 valence electrons. The van der Waals surface area contributed by atoms with Crippen molar-refractivity contribution in [2.24, 2.45) is 5.73 Å². The van der Waals surface area contributed by atoms with Gasteiger partial charge in [0.15, 0.2) is 17.6 Å². The Bertz CT molecular complexity index is 1780. The number of amides is 1. The summed E-state index contributed by atoms with van der Waals surface area (Å²) in [5.74, 6) is 0.0142. The van der Waals surface area contributed by atoms with Crippen LogP contribution in [-0.4, -0.2) is 39.9 Å². The lowest BCUT2D eigenvalue weighted by molar-refractivity contribution is -0.157. The molecular weight excluding hydrogens is 492 g/mol. The lowest BCUT2D eigenvalue weighted by Gasteiger charge is -2.21. The van der Waals surface area contributed by atoms with Crippen LogP contribution in [0.2, 0.25) is 0 Å². The number of nitrogens with one attached hydrogen (secondary N) is 1. The maximum absolute atomic E-state index is 13.5. The molecule has 0 saturated carbocycles. The molecule has 0 saturated heterocycles. The van der Waals surface area contributed by atoms with E-state index in [-0.39, 0.29) is 49.1 Å². The Hall–Kier alpha value is -4.74. The van der Waals surface area contributed by atoms with Crippen LogP contribution in [0.4, 0.5) is 5.69 Å². The molecule has 1 amide bonds. The molecule has 4 aromatic rings. The molecule has 0 aliphatic carbocycles. The summed E-state index contributed by atoms with van der Waals surface area (Å²) in [4.78, 5) is 42.3. The van der Waals surface area contributed by atoms with E-state index in [1.165, 1.54) is 0 Å². The topological polar surface area (TPSA) is 155 Å². The minimum absolute atomic E-state index is 0.0969. The number of pyridine rings is 2. The van der Waals surface area contributed by atoms with E-state index < -0.39 is 12.1 Å². The molecule has 0 radical (unpaired) electrons. The Kier molecular flexibility index (Phi) is 4.81. The number of cyclic esters (lactones) is 1. The van der Waals surface area contributed by atoms with Gasteiger partial charge >= 0.3 is 5.97 Å². The van der Waals surface area contributed by atoms with Crippen molar-refractivity contribution in [2.75, 3.05) is 18.7 Å². The predicted molar refractivity (Wildman–Crippen MR) is 135 cm³/mol. The first-order valence-corrected chi connectivity index (χ1v) is 11.9. The third-order valence-corrected chi connectivity index (χ3v) is 7.07. The lowest BCUT2D eigenvalue weighted by Crippen LogP contribution is -2.32. The van der Waals surface area contributed by atoms with Crippen molar-refractivity contribution in [3.8, 4) is 34.0 Å². The van der Waals surface area contributed by atoms with E-state index in [9.17, 15) is 19.5 Å². The van der Waals surface area contributed by atoms with Crippen molar-refractivity contribution in [2.45, 2.75) is 19.3 Å². The second-order valence-electron chi connectivity index (χ2n) is 9.23. The van der Waals surface area contributed by atoms with E-state index in [2.05, 4.69) is 5.32 Å². The Morgan fingerprint density at radius 1 is 1.11 bits per heavy atom. The number of nitrogens with two attached hydrogens (primary N) is 1. The van der Waals surface area contributed by atoms with Crippen LogP contribution in [0.25, 0.3) is 33.4 Å². The first kappa shape index (κ1) is 22.5. The maximum atomic E-state index is 13.5. The van der Waals surface area contributed by atoms with Gasteiger partial charge in [-0.05, 0) is 35.4 Å². The highest BCUT2D eigenvalue weighted by Gasteiger charge is 2.35. The average molecular weight is 512 g/mol. The van der Waals surface area contributed by atoms with Gasteiger partial charge in [0, 0.05) is 28.3 Å². The molecule has 38 heavy (non-hydrogen) atoms. The molecule has 2 aromatic heterocycles. The molecule has 7 rings (SSSR count). The number of carbonyl (C=O) groups excluding carboxylic acids is 2. The van der Waals surface area contributed by atoms with Gasteiger partial charge in [0.05, 0.1) is 35.6 Å². The van der Waals surface area contributed by atoms with E-state index >= 15 is 0 Å². The Balaban J connectivity index is 1.50.